The topological polar surface area (TPSA) is 97.1 Å². The van der Waals surface area contributed by atoms with Gasteiger partial charge in [0.25, 0.3) is 5.91 Å². The molecule has 0 spiro atoms. The van der Waals surface area contributed by atoms with Crippen LogP contribution in [0.5, 0.6) is 0 Å². The number of carboxylic acid groups (broad SMARTS) is 1. The Bertz CT molecular complexity index is 752. The van der Waals surface area contributed by atoms with Crippen molar-refractivity contribution < 1.29 is 14.7 Å². The molecular formula is C16H20N4O3. The summed E-state index contributed by atoms with van der Waals surface area (Å²) in [5.41, 5.74) is 2.99. The van der Waals surface area contributed by atoms with Gasteiger partial charge in [0, 0.05) is 30.1 Å². The fourth-order valence-corrected chi connectivity index (χ4v) is 2.60. The molecule has 1 amide bonds. The van der Waals surface area contributed by atoms with Crippen LogP contribution in [0.1, 0.15) is 57.2 Å². The van der Waals surface area contributed by atoms with Gasteiger partial charge in [-0.25, -0.2) is 9.78 Å². The molecule has 23 heavy (non-hydrogen) atoms. The molecule has 2 aromatic rings. The number of aromatic nitrogens is 3. The minimum Gasteiger partial charge on any atom is -0.477 e. The Hall–Kier alpha value is -2.70. The van der Waals surface area contributed by atoms with Gasteiger partial charge in [0.2, 0.25) is 0 Å². The third-order valence-electron chi connectivity index (χ3n) is 3.87. The molecule has 0 aromatic carbocycles. The molecule has 0 fully saturated rings. The van der Waals surface area contributed by atoms with Crippen LogP contribution >= 0.6 is 0 Å². The van der Waals surface area contributed by atoms with E-state index in [9.17, 15) is 9.59 Å². The summed E-state index contributed by atoms with van der Waals surface area (Å²) in [4.78, 5) is 27.1. The molecule has 7 heteroatoms. The maximum atomic E-state index is 12.4. The fraction of sp³-hybridized carbons (Fsp3) is 0.375. The number of aryl methyl sites for hydroxylation is 2. The quantitative estimate of drug-likeness (QED) is 0.879. The summed E-state index contributed by atoms with van der Waals surface area (Å²) >= 11 is 0. The summed E-state index contributed by atoms with van der Waals surface area (Å²) in [6, 6.07) is 2.59. The highest BCUT2D eigenvalue weighted by Gasteiger charge is 2.21. The highest BCUT2D eigenvalue weighted by atomic mass is 16.4. The lowest BCUT2D eigenvalue weighted by atomic mass is 10.0. The molecule has 0 aliphatic rings. The van der Waals surface area contributed by atoms with Crippen LogP contribution in [0.25, 0.3) is 0 Å². The van der Waals surface area contributed by atoms with Crippen molar-refractivity contribution in [1.29, 1.82) is 0 Å². The smallest absolute Gasteiger partial charge is 0.354 e. The second-order valence-electron chi connectivity index (χ2n) is 5.38. The SMILES string of the molecule is CCC(NC(=O)c1ccnc(C(=O)O)c1)c1c(C)nn(C)c1C. The first kappa shape index (κ1) is 16.7. The molecule has 1 unspecified atom stereocenters. The van der Waals surface area contributed by atoms with E-state index < -0.39 is 5.97 Å². The van der Waals surface area contributed by atoms with Crippen LogP contribution < -0.4 is 5.32 Å². The molecule has 2 rings (SSSR count). The Balaban J connectivity index is 2.27. The second-order valence-corrected chi connectivity index (χ2v) is 5.38. The molecule has 2 heterocycles. The number of carboxylic acids is 1. The van der Waals surface area contributed by atoms with Crippen LogP contribution in [0.2, 0.25) is 0 Å². The van der Waals surface area contributed by atoms with Crippen LogP contribution in [0.15, 0.2) is 18.3 Å². The zero-order valence-electron chi connectivity index (χ0n) is 13.6. The average Bonchev–Trinajstić information content (AvgIpc) is 2.78. The van der Waals surface area contributed by atoms with Crippen molar-refractivity contribution in [2.24, 2.45) is 7.05 Å². The van der Waals surface area contributed by atoms with Gasteiger partial charge >= 0.3 is 5.97 Å². The first-order valence-electron chi connectivity index (χ1n) is 7.35. The third-order valence-corrected chi connectivity index (χ3v) is 3.87. The highest BCUT2D eigenvalue weighted by Crippen LogP contribution is 2.24. The molecule has 122 valence electrons. The van der Waals surface area contributed by atoms with Crippen LogP contribution in [0.4, 0.5) is 0 Å². The largest absolute Gasteiger partial charge is 0.477 e. The first-order valence-corrected chi connectivity index (χ1v) is 7.35. The molecule has 0 bridgehead atoms. The molecule has 1 atom stereocenters. The van der Waals surface area contributed by atoms with E-state index >= 15 is 0 Å². The van der Waals surface area contributed by atoms with Gasteiger partial charge in [-0.3, -0.25) is 9.48 Å². The van der Waals surface area contributed by atoms with Crippen LogP contribution in [-0.2, 0) is 7.05 Å². The summed E-state index contributed by atoms with van der Waals surface area (Å²) in [5, 5.41) is 16.3. The predicted octanol–water partition coefficient (Wildman–Crippen LogP) is 2.01. The molecule has 2 N–H and O–H groups in total. The number of hydrogen-bond donors (Lipinski definition) is 2. The number of amides is 1. The summed E-state index contributed by atoms with van der Waals surface area (Å²) in [6.07, 6.45) is 2.02. The third kappa shape index (κ3) is 3.39. The lowest BCUT2D eigenvalue weighted by molar-refractivity contribution is 0.0690. The van der Waals surface area contributed by atoms with Gasteiger partial charge in [-0.2, -0.15) is 5.10 Å². The number of hydrogen-bond acceptors (Lipinski definition) is 4. The van der Waals surface area contributed by atoms with E-state index in [0.717, 1.165) is 17.0 Å². The van der Waals surface area contributed by atoms with Gasteiger partial charge in [-0.1, -0.05) is 6.92 Å². The Morgan fingerprint density at radius 3 is 2.61 bits per heavy atom. The van der Waals surface area contributed by atoms with E-state index in [-0.39, 0.29) is 23.2 Å². The first-order chi connectivity index (χ1) is 10.8. The second kappa shape index (κ2) is 6.60. The molecule has 0 saturated heterocycles. The lowest BCUT2D eigenvalue weighted by Gasteiger charge is -2.18. The summed E-state index contributed by atoms with van der Waals surface area (Å²) in [7, 11) is 1.86. The average molecular weight is 316 g/mol. The Labute approximate surface area is 134 Å². The zero-order valence-corrected chi connectivity index (χ0v) is 13.6. The number of carbonyl (C=O) groups is 2. The minimum atomic E-state index is -1.16. The Morgan fingerprint density at radius 2 is 2.09 bits per heavy atom. The number of carbonyl (C=O) groups excluding carboxylic acids is 1. The standard InChI is InChI=1S/C16H20N4O3/c1-5-12(14-9(2)19-20(4)10(14)3)18-15(21)11-6-7-17-13(8-11)16(22)23/h6-8,12H,5H2,1-4H3,(H,18,21)(H,22,23). The lowest BCUT2D eigenvalue weighted by Crippen LogP contribution is -2.29. The van der Waals surface area contributed by atoms with E-state index in [1.807, 2.05) is 27.8 Å². The van der Waals surface area contributed by atoms with Crippen molar-refractivity contribution in [2.45, 2.75) is 33.2 Å². The van der Waals surface area contributed by atoms with E-state index in [1.54, 1.807) is 4.68 Å². The van der Waals surface area contributed by atoms with Crippen molar-refractivity contribution >= 4 is 11.9 Å². The van der Waals surface area contributed by atoms with Gasteiger partial charge < -0.3 is 10.4 Å². The maximum Gasteiger partial charge on any atom is 0.354 e. The van der Waals surface area contributed by atoms with Crippen LogP contribution in [0.3, 0.4) is 0 Å². The molecule has 0 saturated carbocycles. The van der Waals surface area contributed by atoms with E-state index in [2.05, 4.69) is 15.4 Å². The van der Waals surface area contributed by atoms with Gasteiger partial charge in [-0.05, 0) is 32.4 Å². The molecule has 0 aliphatic carbocycles. The van der Waals surface area contributed by atoms with Gasteiger partial charge in [0.15, 0.2) is 0 Å². The molecular weight excluding hydrogens is 296 g/mol. The van der Waals surface area contributed by atoms with Crippen molar-refractivity contribution in [3.63, 3.8) is 0 Å². The molecule has 2 aromatic heterocycles. The van der Waals surface area contributed by atoms with Crippen molar-refractivity contribution in [2.75, 3.05) is 0 Å². The highest BCUT2D eigenvalue weighted by molar-refractivity contribution is 5.96. The Morgan fingerprint density at radius 1 is 1.39 bits per heavy atom. The Kier molecular flexibility index (Phi) is 4.78. The molecule has 7 nitrogen and oxygen atoms in total. The van der Waals surface area contributed by atoms with Crippen molar-refractivity contribution in [3.8, 4) is 0 Å². The number of aromatic carboxylic acids is 1. The van der Waals surface area contributed by atoms with Crippen molar-refractivity contribution in [1.82, 2.24) is 20.1 Å². The number of rotatable bonds is 5. The number of pyridine rings is 1. The molecule has 0 aliphatic heterocycles. The van der Waals surface area contributed by atoms with Gasteiger partial charge in [-0.15, -0.1) is 0 Å². The van der Waals surface area contributed by atoms with E-state index in [1.165, 1.54) is 18.3 Å². The monoisotopic (exact) mass is 316 g/mol. The molecule has 0 radical (unpaired) electrons. The maximum absolute atomic E-state index is 12.4. The van der Waals surface area contributed by atoms with Crippen LogP contribution in [-0.4, -0.2) is 31.7 Å². The van der Waals surface area contributed by atoms with Gasteiger partial charge in [0.1, 0.15) is 5.69 Å². The normalized spacial score (nSPS) is 12.0. The number of nitrogens with zero attached hydrogens (tertiary/aromatic N) is 3. The van der Waals surface area contributed by atoms with E-state index in [0.29, 0.717) is 6.42 Å². The van der Waals surface area contributed by atoms with Crippen molar-refractivity contribution in [3.05, 3.63) is 46.5 Å². The van der Waals surface area contributed by atoms with Crippen LogP contribution in [0, 0.1) is 13.8 Å². The fourth-order valence-electron chi connectivity index (χ4n) is 2.60. The van der Waals surface area contributed by atoms with E-state index in [4.69, 9.17) is 5.11 Å². The summed E-state index contributed by atoms with van der Waals surface area (Å²) in [6.45, 7) is 5.84. The zero-order chi connectivity index (χ0) is 17.1. The summed E-state index contributed by atoms with van der Waals surface area (Å²) < 4.78 is 1.79. The van der Waals surface area contributed by atoms with Gasteiger partial charge in [0.05, 0.1) is 11.7 Å². The minimum absolute atomic E-state index is 0.153. The summed E-state index contributed by atoms with van der Waals surface area (Å²) in [5.74, 6) is -1.49. The number of nitrogens with one attached hydrogen (secondary N) is 1. The predicted molar refractivity (Wildman–Crippen MR) is 84.4 cm³/mol.